The highest BCUT2D eigenvalue weighted by Crippen LogP contribution is 2.27. The van der Waals surface area contributed by atoms with Crippen LogP contribution in [0.5, 0.6) is 0 Å². The Morgan fingerprint density at radius 2 is 2.13 bits per heavy atom. The van der Waals surface area contributed by atoms with Crippen molar-refractivity contribution in [3.8, 4) is 0 Å². The predicted octanol–water partition coefficient (Wildman–Crippen LogP) is 2.93. The Hall–Kier alpha value is -2.14. The van der Waals surface area contributed by atoms with Crippen molar-refractivity contribution in [2.75, 3.05) is 30.9 Å². The quantitative estimate of drug-likeness (QED) is 0.920. The molecule has 0 unspecified atom stereocenters. The van der Waals surface area contributed by atoms with E-state index >= 15 is 0 Å². The van der Waals surface area contributed by atoms with Gasteiger partial charge in [-0.3, -0.25) is 0 Å². The SMILES string of the molecule is COCc1nc(C)cc(NCc2ccc3c(c2)CCCN3C)n1. The van der Waals surface area contributed by atoms with E-state index in [9.17, 15) is 0 Å². The van der Waals surface area contributed by atoms with E-state index in [4.69, 9.17) is 4.74 Å². The second kappa shape index (κ2) is 6.96. The largest absolute Gasteiger partial charge is 0.377 e. The molecule has 0 fully saturated rings. The van der Waals surface area contributed by atoms with Gasteiger partial charge in [-0.05, 0) is 37.0 Å². The summed E-state index contributed by atoms with van der Waals surface area (Å²) in [7, 11) is 3.82. The number of aryl methyl sites for hydroxylation is 2. The maximum absolute atomic E-state index is 5.12. The Morgan fingerprint density at radius 1 is 1.26 bits per heavy atom. The first-order valence-electron chi connectivity index (χ1n) is 8.06. The number of rotatable bonds is 5. The molecule has 0 spiro atoms. The van der Waals surface area contributed by atoms with Crippen molar-refractivity contribution >= 4 is 11.5 Å². The van der Waals surface area contributed by atoms with Gasteiger partial charge in [-0.25, -0.2) is 9.97 Å². The molecule has 1 aliphatic rings. The molecule has 2 aromatic rings. The highest BCUT2D eigenvalue weighted by molar-refractivity contribution is 5.56. The van der Waals surface area contributed by atoms with Gasteiger partial charge >= 0.3 is 0 Å². The molecule has 0 aliphatic carbocycles. The number of hydrogen-bond donors (Lipinski definition) is 1. The first-order chi connectivity index (χ1) is 11.2. The van der Waals surface area contributed by atoms with Crippen LogP contribution in [0.15, 0.2) is 24.3 Å². The first-order valence-corrected chi connectivity index (χ1v) is 8.06. The molecule has 3 rings (SSSR count). The number of ether oxygens (including phenoxy) is 1. The lowest BCUT2D eigenvalue weighted by Crippen LogP contribution is -2.24. The summed E-state index contributed by atoms with van der Waals surface area (Å²) in [6.45, 7) is 4.31. The first kappa shape index (κ1) is 15.7. The number of benzene rings is 1. The molecule has 0 radical (unpaired) electrons. The fraction of sp³-hybridized carbons (Fsp3) is 0.444. The second-order valence-electron chi connectivity index (χ2n) is 6.09. The van der Waals surface area contributed by atoms with E-state index in [2.05, 4.69) is 45.4 Å². The molecule has 122 valence electrons. The van der Waals surface area contributed by atoms with E-state index in [1.165, 1.54) is 23.2 Å². The normalized spacial score (nSPS) is 13.8. The van der Waals surface area contributed by atoms with Crippen molar-refractivity contribution in [3.05, 3.63) is 46.9 Å². The van der Waals surface area contributed by atoms with Crippen molar-refractivity contribution in [2.24, 2.45) is 0 Å². The van der Waals surface area contributed by atoms with Gasteiger partial charge in [-0.15, -0.1) is 0 Å². The molecule has 1 aromatic heterocycles. The minimum absolute atomic E-state index is 0.432. The van der Waals surface area contributed by atoms with Crippen molar-refractivity contribution < 1.29 is 4.74 Å². The fourth-order valence-electron chi connectivity index (χ4n) is 3.06. The van der Waals surface area contributed by atoms with E-state index < -0.39 is 0 Å². The van der Waals surface area contributed by atoms with Gasteiger partial charge in [-0.2, -0.15) is 0 Å². The zero-order valence-corrected chi connectivity index (χ0v) is 14.1. The van der Waals surface area contributed by atoms with Crippen LogP contribution in [-0.4, -0.2) is 30.7 Å². The van der Waals surface area contributed by atoms with Gasteiger partial charge in [0.25, 0.3) is 0 Å². The molecule has 0 saturated heterocycles. The Labute approximate surface area is 137 Å². The lowest BCUT2D eigenvalue weighted by atomic mass is 9.99. The van der Waals surface area contributed by atoms with E-state index in [0.717, 1.165) is 31.0 Å². The molecular weight excluding hydrogens is 288 g/mol. The maximum atomic E-state index is 5.12. The summed E-state index contributed by atoms with van der Waals surface area (Å²) >= 11 is 0. The number of nitrogens with one attached hydrogen (secondary N) is 1. The van der Waals surface area contributed by atoms with Gasteiger partial charge in [0.05, 0.1) is 0 Å². The molecular formula is C18H24N4O. The topological polar surface area (TPSA) is 50.3 Å². The summed E-state index contributed by atoms with van der Waals surface area (Å²) in [6.07, 6.45) is 2.39. The van der Waals surface area contributed by atoms with Crippen LogP contribution in [0.3, 0.4) is 0 Å². The van der Waals surface area contributed by atoms with Gasteiger partial charge in [0.2, 0.25) is 0 Å². The van der Waals surface area contributed by atoms with Crippen LogP contribution in [0.25, 0.3) is 0 Å². The Morgan fingerprint density at radius 3 is 2.96 bits per heavy atom. The average molecular weight is 312 g/mol. The molecule has 1 N–H and O–H groups in total. The number of anilines is 2. The minimum atomic E-state index is 0.432. The third kappa shape index (κ3) is 3.79. The van der Waals surface area contributed by atoms with Crippen LogP contribution < -0.4 is 10.2 Å². The number of hydrogen-bond acceptors (Lipinski definition) is 5. The van der Waals surface area contributed by atoms with E-state index in [0.29, 0.717) is 12.4 Å². The highest BCUT2D eigenvalue weighted by Gasteiger charge is 2.13. The Bertz CT molecular complexity index is 687. The monoisotopic (exact) mass is 312 g/mol. The third-order valence-corrected chi connectivity index (χ3v) is 4.14. The second-order valence-corrected chi connectivity index (χ2v) is 6.09. The zero-order valence-electron chi connectivity index (χ0n) is 14.1. The van der Waals surface area contributed by atoms with Gasteiger partial charge in [0, 0.05) is 44.7 Å². The van der Waals surface area contributed by atoms with Crippen LogP contribution in [-0.2, 0) is 24.3 Å². The smallest absolute Gasteiger partial charge is 0.156 e. The predicted molar refractivity (Wildman–Crippen MR) is 92.8 cm³/mol. The number of aromatic nitrogens is 2. The van der Waals surface area contributed by atoms with Crippen molar-refractivity contribution in [1.82, 2.24) is 9.97 Å². The van der Waals surface area contributed by atoms with E-state index in [-0.39, 0.29) is 0 Å². The number of methoxy groups -OCH3 is 1. The summed E-state index contributed by atoms with van der Waals surface area (Å²) in [5.41, 5.74) is 5.03. The summed E-state index contributed by atoms with van der Waals surface area (Å²) in [4.78, 5) is 11.2. The molecule has 0 amide bonds. The van der Waals surface area contributed by atoms with Crippen LogP contribution in [0.2, 0.25) is 0 Å². The lowest BCUT2D eigenvalue weighted by Gasteiger charge is -2.27. The summed E-state index contributed by atoms with van der Waals surface area (Å²) in [5, 5.41) is 3.40. The molecule has 23 heavy (non-hydrogen) atoms. The summed E-state index contributed by atoms with van der Waals surface area (Å²) in [6, 6.07) is 8.69. The minimum Gasteiger partial charge on any atom is -0.377 e. The lowest BCUT2D eigenvalue weighted by molar-refractivity contribution is 0.177. The van der Waals surface area contributed by atoms with Gasteiger partial charge in [0.15, 0.2) is 5.82 Å². The van der Waals surface area contributed by atoms with Crippen LogP contribution >= 0.6 is 0 Å². The average Bonchev–Trinajstić information content (AvgIpc) is 2.53. The standard InChI is InChI=1S/C18H24N4O/c1-13-9-17(21-18(20-13)12-23-3)19-11-14-6-7-16-15(10-14)5-4-8-22(16)2/h6-7,9-10H,4-5,8,11-12H2,1-3H3,(H,19,20,21). The van der Waals surface area contributed by atoms with Crippen LogP contribution in [0, 0.1) is 6.92 Å². The molecule has 5 nitrogen and oxygen atoms in total. The fourth-order valence-corrected chi connectivity index (χ4v) is 3.06. The molecule has 1 aromatic carbocycles. The summed E-state index contributed by atoms with van der Waals surface area (Å²) in [5.74, 6) is 1.56. The third-order valence-electron chi connectivity index (χ3n) is 4.14. The molecule has 5 heteroatoms. The molecule has 0 saturated carbocycles. The molecule has 1 aliphatic heterocycles. The van der Waals surface area contributed by atoms with Crippen LogP contribution in [0.1, 0.15) is 29.1 Å². The van der Waals surface area contributed by atoms with E-state index in [1.807, 2.05) is 13.0 Å². The molecule has 0 atom stereocenters. The zero-order chi connectivity index (χ0) is 16.2. The molecule has 0 bridgehead atoms. The van der Waals surface area contributed by atoms with Crippen molar-refractivity contribution in [3.63, 3.8) is 0 Å². The maximum Gasteiger partial charge on any atom is 0.156 e. The number of nitrogens with zero attached hydrogens (tertiary/aromatic N) is 3. The number of fused-ring (bicyclic) bond motifs is 1. The van der Waals surface area contributed by atoms with Crippen LogP contribution in [0.4, 0.5) is 11.5 Å². The Balaban J connectivity index is 1.71. The molecule has 2 heterocycles. The van der Waals surface area contributed by atoms with Crippen molar-refractivity contribution in [1.29, 1.82) is 0 Å². The summed E-state index contributed by atoms with van der Waals surface area (Å²) < 4.78 is 5.12. The van der Waals surface area contributed by atoms with Gasteiger partial charge in [0.1, 0.15) is 12.4 Å². The van der Waals surface area contributed by atoms with Gasteiger partial charge < -0.3 is 15.0 Å². The van der Waals surface area contributed by atoms with Gasteiger partial charge in [-0.1, -0.05) is 12.1 Å². The van der Waals surface area contributed by atoms with Crippen molar-refractivity contribution in [2.45, 2.75) is 32.9 Å². The highest BCUT2D eigenvalue weighted by atomic mass is 16.5. The Kier molecular flexibility index (Phi) is 4.76. The van der Waals surface area contributed by atoms with E-state index in [1.54, 1.807) is 7.11 Å².